The number of hydrogen-bond acceptors (Lipinski definition) is 2. The maximum Gasteiger partial charge on any atom is 0.250 e. The smallest absolute Gasteiger partial charge is 0.250 e. The Morgan fingerprint density at radius 1 is 1.29 bits per heavy atom. The highest BCUT2D eigenvalue weighted by molar-refractivity contribution is 5.99. The summed E-state index contributed by atoms with van der Waals surface area (Å²) < 4.78 is 0. The molecule has 0 aliphatic heterocycles. The van der Waals surface area contributed by atoms with Crippen LogP contribution in [0.25, 0.3) is 0 Å². The molecule has 0 aliphatic carbocycles. The van der Waals surface area contributed by atoms with Crippen LogP contribution in [0.1, 0.15) is 0 Å². The van der Waals surface area contributed by atoms with E-state index in [-0.39, 0.29) is 5.96 Å². The zero-order chi connectivity index (χ0) is 10.6. The average Bonchev–Trinajstić information content (AvgIpc) is 2.17. The Kier molecular flexibility index (Phi) is 3.03. The predicted molar refractivity (Wildman–Crippen MR) is 54.2 cm³/mol. The van der Waals surface area contributed by atoms with Crippen LogP contribution in [0.2, 0.25) is 0 Å². The molecule has 0 heterocycles. The van der Waals surface area contributed by atoms with Gasteiger partial charge in [-0.1, -0.05) is 18.2 Å². The normalized spacial score (nSPS) is 9.21. The second-order valence-electron chi connectivity index (χ2n) is 2.51. The summed E-state index contributed by atoms with van der Waals surface area (Å²) in [5.41, 5.74) is 10.5. The molecule has 0 radical (unpaired) electrons. The summed E-state index contributed by atoms with van der Waals surface area (Å²) in [7, 11) is 0. The monoisotopic (exact) mass is 193 g/mol. The van der Waals surface area contributed by atoms with E-state index in [0.717, 1.165) is 0 Å². The molecule has 0 bridgehead atoms. The minimum absolute atomic E-state index is 0.273. The van der Waals surface area contributed by atoms with E-state index in [1.165, 1.54) is 0 Å². The van der Waals surface area contributed by atoms with Crippen LogP contribution in [-0.4, -0.2) is 17.1 Å². The van der Waals surface area contributed by atoms with E-state index in [0.29, 0.717) is 10.8 Å². The minimum atomic E-state index is -0.434. The zero-order valence-corrected chi connectivity index (χ0v) is 7.38. The van der Waals surface area contributed by atoms with Crippen LogP contribution in [0, 0.1) is 5.41 Å². The second-order valence-corrected chi connectivity index (χ2v) is 2.51. The highest BCUT2D eigenvalue weighted by Gasteiger charge is 2.07. The molecular weight excluding hydrogens is 182 g/mol. The van der Waals surface area contributed by atoms with Crippen LogP contribution in [0.4, 0.5) is 5.69 Å². The first-order chi connectivity index (χ1) is 6.61. The van der Waals surface area contributed by atoms with Crippen molar-refractivity contribution >= 4 is 17.6 Å². The molecule has 6 nitrogen and oxygen atoms in total. The van der Waals surface area contributed by atoms with Gasteiger partial charge in [0.15, 0.2) is 5.96 Å². The lowest BCUT2D eigenvalue weighted by molar-refractivity contribution is 0.310. The summed E-state index contributed by atoms with van der Waals surface area (Å²) in [6.07, 6.45) is 0. The number of para-hydroxylation sites is 1. The fourth-order valence-electron chi connectivity index (χ4n) is 0.861. The number of benzene rings is 1. The number of nitrogens with zero attached hydrogens (tertiary/aromatic N) is 2. The van der Waals surface area contributed by atoms with Gasteiger partial charge in [0.1, 0.15) is 0 Å². The number of anilines is 1. The quantitative estimate of drug-likeness (QED) is 0.287. The number of guanidine groups is 2. The van der Waals surface area contributed by atoms with E-state index in [1.807, 2.05) is 0 Å². The molecule has 6 N–H and O–H groups in total. The van der Waals surface area contributed by atoms with Crippen LogP contribution >= 0.6 is 0 Å². The van der Waals surface area contributed by atoms with Crippen molar-refractivity contribution in [2.75, 3.05) is 5.06 Å². The molecule has 1 aromatic rings. The summed E-state index contributed by atoms with van der Waals surface area (Å²) in [4.78, 5) is 3.39. The van der Waals surface area contributed by atoms with Gasteiger partial charge < -0.3 is 11.5 Å². The molecule has 74 valence electrons. The maximum absolute atomic E-state index is 9.43. The number of nitrogens with one attached hydrogen (secondary N) is 1. The molecule has 0 unspecified atom stereocenters. The maximum atomic E-state index is 9.43. The van der Waals surface area contributed by atoms with Crippen molar-refractivity contribution in [1.29, 1.82) is 5.41 Å². The molecule has 0 fully saturated rings. The number of hydrogen-bond donors (Lipinski definition) is 4. The van der Waals surface area contributed by atoms with E-state index in [4.69, 9.17) is 16.9 Å². The molecule has 6 heteroatoms. The molecule has 0 saturated heterocycles. The van der Waals surface area contributed by atoms with Crippen molar-refractivity contribution in [3.63, 3.8) is 0 Å². The van der Waals surface area contributed by atoms with Gasteiger partial charge in [-0.2, -0.15) is 10.1 Å². The van der Waals surface area contributed by atoms with E-state index >= 15 is 0 Å². The lowest BCUT2D eigenvalue weighted by Crippen LogP contribution is -2.30. The Bertz CT molecular complexity index is 344. The molecule has 1 aromatic carbocycles. The van der Waals surface area contributed by atoms with Gasteiger partial charge in [-0.3, -0.25) is 10.6 Å². The van der Waals surface area contributed by atoms with Crippen molar-refractivity contribution in [3.8, 4) is 0 Å². The van der Waals surface area contributed by atoms with E-state index in [2.05, 4.69) is 4.99 Å². The molecule has 0 aromatic heterocycles. The Labute approximate surface area is 80.9 Å². The van der Waals surface area contributed by atoms with Gasteiger partial charge in [0, 0.05) is 0 Å². The zero-order valence-electron chi connectivity index (χ0n) is 7.38. The van der Waals surface area contributed by atoms with Gasteiger partial charge in [-0.05, 0) is 12.1 Å². The molecule has 1 rings (SSSR count). The summed E-state index contributed by atoms with van der Waals surface area (Å²) >= 11 is 0. The number of aliphatic imine (C=N–C) groups is 1. The molecule has 0 amide bonds. The van der Waals surface area contributed by atoms with Crippen LogP contribution in [0.15, 0.2) is 35.3 Å². The summed E-state index contributed by atoms with van der Waals surface area (Å²) in [6, 6.07) is 8.48. The highest BCUT2D eigenvalue weighted by atomic mass is 16.5. The second kappa shape index (κ2) is 4.24. The van der Waals surface area contributed by atoms with Crippen molar-refractivity contribution in [2.24, 2.45) is 16.5 Å². The highest BCUT2D eigenvalue weighted by Crippen LogP contribution is 2.10. The lowest BCUT2D eigenvalue weighted by atomic mass is 10.3. The van der Waals surface area contributed by atoms with Gasteiger partial charge in [0.05, 0.1) is 5.69 Å². The standard InChI is InChI=1S/C8H11N5O/c9-7(10)12-8(11)13(14)6-4-2-1-3-5-6/h1-5,14H,(H5,9,10,11,12). The van der Waals surface area contributed by atoms with Gasteiger partial charge in [-0.25, -0.2) is 0 Å². The Morgan fingerprint density at radius 2 is 1.86 bits per heavy atom. The van der Waals surface area contributed by atoms with Gasteiger partial charge in [-0.15, -0.1) is 0 Å². The van der Waals surface area contributed by atoms with Crippen LogP contribution < -0.4 is 16.5 Å². The summed E-state index contributed by atoms with van der Waals surface area (Å²) in [5.74, 6) is -0.707. The van der Waals surface area contributed by atoms with Gasteiger partial charge in [0.2, 0.25) is 5.96 Å². The fourth-order valence-corrected chi connectivity index (χ4v) is 0.861. The first-order valence-electron chi connectivity index (χ1n) is 3.83. The van der Waals surface area contributed by atoms with Crippen molar-refractivity contribution in [1.82, 2.24) is 0 Å². The van der Waals surface area contributed by atoms with Gasteiger partial charge in [0.25, 0.3) is 0 Å². The third-order valence-electron chi connectivity index (χ3n) is 1.44. The van der Waals surface area contributed by atoms with Crippen molar-refractivity contribution in [3.05, 3.63) is 30.3 Å². The molecule has 0 atom stereocenters. The minimum Gasteiger partial charge on any atom is -0.370 e. The van der Waals surface area contributed by atoms with Crippen LogP contribution in [-0.2, 0) is 0 Å². The molecule has 0 saturated carbocycles. The third-order valence-corrected chi connectivity index (χ3v) is 1.44. The molecule has 0 spiro atoms. The first kappa shape index (κ1) is 10.0. The average molecular weight is 193 g/mol. The van der Waals surface area contributed by atoms with E-state index in [1.54, 1.807) is 30.3 Å². The molecule has 14 heavy (non-hydrogen) atoms. The SMILES string of the molecule is N=C(N=C(N)N)N(O)c1ccccc1. The van der Waals surface area contributed by atoms with E-state index < -0.39 is 5.96 Å². The van der Waals surface area contributed by atoms with E-state index in [9.17, 15) is 5.21 Å². The summed E-state index contributed by atoms with van der Waals surface area (Å²) in [5, 5.41) is 17.3. The van der Waals surface area contributed by atoms with Crippen LogP contribution in [0.5, 0.6) is 0 Å². The fraction of sp³-hybridized carbons (Fsp3) is 0. The van der Waals surface area contributed by atoms with Crippen molar-refractivity contribution < 1.29 is 5.21 Å². The molecule has 0 aliphatic rings. The van der Waals surface area contributed by atoms with Crippen LogP contribution in [0.3, 0.4) is 0 Å². The number of nitrogens with two attached hydrogens (primary N) is 2. The lowest BCUT2D eigenvalue weighted by Gasteiger charge is -2.13. The Hall–Kier alpha value is -2.08. The van der Waals surface area contributed by atoms with Gasteiger partial charge >= 0.3 is 0 Å². The number of rotatable bonds is 1. The summed E-state index contributed by atoms with van der Waals surface area (Å²) in [6.45, 7) is 0. The first-order valence-corrected chi connectivity index (χ1v) is 3.83. The van der Waals surface area contributed by atoms with Crippen molar-refractivity contribution in [2.45, 2.75) is 0 Å². The predicted octanol–water partition coefficient (Wildman–Crippen LogP) is 0.0904. The largest absolute Gasteiger partial charge is 0.370 e. The topological polar surface area (TPSA) is 112 Å². The third kappa shape index (κ3) is 2.46. The molecular formula is C8H11N5O. The Balaban J connectivity index is 2.81. The Morgan fingerprint density at radius 3 is 2.36 bits per heavy atom. The number of hydroxylamine groups is 1.